The van der Waals surface area contributed by atoms with Crippen molar-refractivity contribution in [1.29, 1.82) is 0 Å². The smallest absolute Gasteiger partial charge is 0.307 e. The summed E-state index contributed by atoms with van der Waals surface area (Å²) in [5, 5.41) is 7.55. The summed E-state index contributed by atoms with van der Waals surface area (Å²) in [4.78, 5) is 24.7. The Morgan fingerprint density at radius 2 is 1.88 bits per heavy atom. The Balaban J connectivity index is 1.43. The summed E-state index contributed by atoms with van der Waals surface area (Å²) in [7, 11) is 1.49. The van der Waals surface area contributed by atoms with Gasteiger partial charge < -0.3 is 19.2 Å². The van der Waals surface area contributed by atoms with Gasteiger partial charge in [0.25, 0.3) is 5.91 Å². The van der Waals surface area contributed by atoms with Gasteiger partial charge in [0.05, 0.1) is 13.3 Å². The average molecular weight is 522 g/mol. The minimum Gasteiger partial charge on any atom is -0.493 e. The Hall–Kier alpha value is -4.11. The maximum Gasteiger partial charge on any atom is 0.307 e. The molecule has 0 saturated heterocycles. The van der Waals surface area contributed by atoms with E-state index < -0.39 is 5.91 Å². The normalized spacial score (nSPS) is 10.9. The Labute approximate surface area is 203 Å². The molecule has 8 nitrogen and oxygen atoms in total. The SMILES string of the molecule is COc1cccc(/C=N/NC(=O)c2cc3cc(Br)ccc3o2)c1OCC(=O)Nc1ccccc1. The van der Waals surface area contributed by atoms with E-state index in [0.29, 0.717) is 28.3 Å². The molecule has 1 aromatic heterocycles. The van der Waals surface area contributed by atoms with Gasteiger partial charge in [-0.3, -0.25) is 9.59 Å². The van der Waals surface area contributed by atoms with E-state index in [1.165, 1.54) is 13.3 Å². The van der Waals surface area contributed by atoms with Gasteiger partial charge in [0.2, 0.25) is 0 Å². The molecule has 2 N–H and O–H groups in total. The summed E-state index contributed by atoms with van der Waals surface area (Å²) in [6.45, 7) is -0.239. The van der Waals surface area contributed by atoms with Crippen LogP contribution in [0.2, 0.25) is 0 Å². The zero-order valence-electron chi connectivity index (χ0n) is 18.1. The fourth-order valence-electron chi connectivity index (χ4n) is 3.15. The van der Waals surface area contributed by atoms with Crippen LogP contribution in [0.3, 0.4) is 0 Å². The standard InChI is InChI=1S/C25H20BrN3O5/c1-32-21-9-5-6-16(24(21)33-15-23(30)28-19-7-3-2-4-8-19)14-27-29-25(31)22-13-17-12-18(26)10-11-20(17)34-22/h2-14H,15H2,1H3,(H,28,30)(H,29,31)/b27-14+. The summed E-state index contributed by atoms with van der Waals surface area (Å²) < 4.78 is 17.5. The third-order valence-corrected chi connectivity index (χ3v) is 5.20. The van der Waals surface area contributed by atoms with E-state index in [1.807, 2.05) is 30.3 Å². The predicted molar refractivity (Wildman–Crippen MR) is 133 cm³/mol. The van der Waals surface area contributed by atoms with Gasteiger partial charge in [-0.1, -0.05) is 40.2 Å². The molecule has 34 heavy (non-hydrogen) atoms. The van der Waals surface area contributed by atoms with Crippen molar-refractivity contribution in [2.75, 3.05) is 19.0 Å². The topological polar surface area (TPSA) is 102 Å². The van der Waals surface area contributed by atoms with Gasteiger partial charge in [-0.2, -0.15) is 5.10 Å². The van der Waals surface area contributed by atoms with Crippen molar-refractivity contribution in [2.24, 2.45) is 5.10 Å². The molecule has 0 unspecified atom stereocenters. The summed E-state index contributed by atoms with van der Waals surface area (Å²) >= 11 is 3.39. The second-order valence-electron chi connectivity index (χ2n) is 7.07. The second-order valence-corrected chi connectivity index (χ2v) is 7.99. The van der Waals surface area contributed by atoms with Crippen molar-refractivity contribution in [1.82, 2.24) is 5.43 Å². The van der Waals surface area contributed by atoms with Crippen LogP contribution in [0.25, 0.3) is 11.0 Å². The molecule has 3 aromatic carbocycles. The first-order chi connectivity index (χ1) is 16.5. The number of hydrogen-bond acceptors (Lipinski definition) is 6. The highest BCUT2D eigenvalue weighted by Gasteiger charge is 2.14. The average Bonchev–Trinajstić information content (AvgIpc) is 3.27. The molecule has 0 saturated carbocycles. The minimum atomic E-state index is -0.504. The van der Waals surface area contributed by atoms with Crippen molar-refractivity contribution in [3.8, 4) is 11.5 Å². The van der Waals surface area contributed by atoms with Gasteiger partial charge in [-0.05, 0) is 48.5 Å². The number of nitrogens with zero attached hydrogens (tertiary/aromatic N) is 1. The first-order valence-electron chi connectivity index (χ1n) is 10.2. The number of amides is 2. The number of methoxy groups -OCH3 is 1. The summed E-state index contributed by atoms with van der Waals surface area (Å²) in [6.07, 6.45) is 1.41. The maximum atomic E-state index is 12.4. The van der Waals surface area contributed by atoms with E-state index in [9.17, 15) is 9.59 Å². The lowest BCUT2D eigenvalue weighted by Crippen LogP contribution is -2.21. The van der Waals surface area contributed by atoms with E-state index >= 15 is 0 Å². The van der Waals surface area contributed by atoms with Gasteiger partial charge in [-0.25, -0.2) is 5.43 Å². The number of hydrazone groups is 1. The first-order valence-corrected chi connectivity index (χ1v) is 11.0. The molecule has 2 amide bonds. The minimum absolute atomic E-state index is 0.130. The van der Waals surface area contributed by atoms with Crippen LogP contribution in [0.5, 0.6) is 11.5 Å². The Bertz CT molecular complexity index is 1350. The van der Waals surface area contributed by atoms with Gasteiger partial charge in [0, 0.05) is 21.1 Å². The van der Waals surface area contributed by atoms with Crippen molar-refractivity contribution in [3.05, 3.63) is 88.6 Å². The van der Waals surface area contributed by atoms with Crippen LogP contribution in [-0.4, -0.2) is 31.7 Å². The largest absolute Gasteiger partial charge is 0.493 e. The van der Waals surface area contributed by atoms with E-state index in [0.717, 1.165) is 9.86 Å². The highest BCUT2D eigenvalue weighted by atomic mass is 79.9. The molecule has 0 aliphatic heterocycles. The molecule has 0 bridgehead atoms. The third kappa shape index (κ3) is 5.62. The highest BCUT2D eigenvalue weighted by Crippen LogP contribution is 2.30. The molecule has 0 fully saturated rings. The molecule has 4 rings (SSSR count). The molecule has 0 aliphatic carbocycles. The van der Waals surface area contributed by atoms with Crippen molar-refractivity contribution in [2.45, 2.75) is 0 Å². The van der Waals surface area contributed by atoms with Crippen LogP contribution in [0.1, 0.15) is 16.1 Å². The lowest BCUT2D eigenvalue weighted by atomic mass is 10.2. The fourth-order valence-corrected chi connectivity index (χ4v) is 3.53. The van der Waals surface area contributed by atoms with Crippen LogP contribution >= 0.6 is 15.9 Å². The number of benzene rings is 3. The number of carbonyl (C=O) groups excluding carboxylic acids is 2. The number of rotatable bonds is 8. The Kier molecular flexibility index (Phi) is 7.24. The quantitative estimate of drug-likeness (QED) is 0.251. The number of furan rings is 1. The lowest BCUT2D eigenvalue weighted by Gasteiger charge is -2.13. The molecular formula is C25H20BrN3O5. The summed E-state index contributed by atoms with van der Waals surface area (Å²) in [6, 6.07) is 21.3. The Morgan fingerprint density at radius 1 is 1.06 bits per heavy atom. The van der Waals surface area contributed by atoms with E-state index in [2.05, 4.69) is 31.8 Å². The molecule has 0 radical (unpaired) electrons. The van der Waals surface area contributed by atoms with E-state index in [-0.39, 0.29) is 18.3 Å². The van der Waals surface area contributed by atoms with Crippen LogP contribution in [-0.2, 0) is 4.79 Å². The zero-order valence-corrected chi connectivity index (χ0v) is 19.7. The summed E-state index contributed by atoms with van der Waals surface area (Å²) in [5.74, 6) is 0.0383. The number of nitrogens with one attached hydrogen (secondary N) is 2. The van der Waals surface area contributed by atoms with Crippen molar-refractivity contribution >= 4 is 50.6 Å². The molecule has 0 spiro atoms. The molecule has 9 heteroatoms. The fraction of sp³-hybridized carbons (Fsp3) is 0.0800. The number of halogens is 1. The van der Waals surface area contributed by atoms with Crippen molar-refractivity contribution < 1.29 is 23.5 Å². The maximum absolute atomic E-state index is 12.4. The molecule has 0 atom stereocenters. The molecule has 4 aromatic rings. The van der Waals surface area contributed by atoms with Crippen LogP contribution in [0.15, 0.2) is 86.8 Å². The number of anilines is 1. The highest BCUT2D eigenvalue weighted by molar-refractivity contribution is 9.10. The number of para-hydroxylation sites is 2. The number of fused-ring (bicyclic) bond motifs is 1. The van der Waals surface area contributed by atoms with Gasteiger partial charge in [0.1, 0.15) is 5.58 Å². The van der Waals surface area contributed by atoms with Crippen LogP contribution < -0.4 is 20.2 Å². The van der Waals surface area contributed by atoms with Gasteiger partial charge >= 0.3 is 5.91 Å². The molecule has 0 aliphatic rings. The van der Waals surface area contributed by atoms with Crippen LogP contribution in [0, 0.1) is 0 Å². The predicted octanol–water partition coefficient (Wildman–Crippen LogP) is 4.99. The second kappa shape index (κ2) is 10.7. The monoisotopic (exact) mass is 521 g/mol. The molecule has 1 heterocycles. The third-order valence-electron chi connectivity index (χ3n) is 4.71. The Morgan fingerprint density at radius 3 is 2.68 bits per heavy atom. The van der Waals surface area contributed by atoms with E-state index in [4.69, 9.17) is 13.9 Å². The van der Waals surface area contributed by atoms with Crippen molar-refractivity contribution in [3.63, 3.8) is 0 Å². The molecular weight excluding hydrogens is 502 g/mol. The van der Waals surface area contributed by atoms with Gasteiger partial charge in [0.15, 0.2) is 23.9 Å². The lowest BCUT2D eigenvalue weighted by molar-refractivity contribution is -0.118. The summed E-state index contributed by atoms with van der Waals surface area (Å²) in [5.41, 5.74) is 4.21. The number of carbonyl (C=O) groups is 2. The zero-order chi connectivity index (χ0) is 23.9. The first kappa shape index (κ1) is 23.1. The molecule has 172 valence electrons. The van der Waals surface area contributed by atoms with Crippen LogP contribution in [0.4, 0.5) is 5.69 Å². The number of hydrogen-bond donors (Lipinski definition) is 2. The number of ether oxygens (including phenoxy) is 2. The van der Waals surface area contributed by atoms with E-state index in [1.54, 1.807) is 42.5 Å². The van der Waals surface area contributed by atoms with Gasteiger partial charge in [-0.15, -0.1) is 0 Å².